The third kappa shape index (κ3) is 6.64. The van der Waals surface area contributed by atoms with E-state index < -0.39 is 0 Å². The molecule has 0 saturated heterocycles. The highest BCUT2D eigenvalue weighted by atomic mass is 15.0. The molecule has 1 N–H and O–H groups in total. The molecule has 0 radical (unpaired) electrons. The molecule has 0 saturated carbocycles. The van der Waals surface area contributed by atoms with Crippen LogP contribution < -0.4 is 5.32 Å². The molecule has 0 heterocycles. The first kappa shape index (κ1) is 26.3. The van der Waals surface area contributed by atoms with Crippen molar-refractivity contribution in [2.24, 2.45) is 4.99 Å². The second-order valence-corrected chi connectivity index (χ2v) is 10.4. The summed E-state index contributed by atoms with van der Waals surface area (Å²) in [6.07, 6.45) is 0. The molecule has 3 aromatic rings. The lowest BCUT2D eigenvalue weighted by Crippen LogP contribution is -2.15. The monoisotopic (exact) mass is 464 g/mol. The maximum Gasteiger partial charge on any atom is 0.183 e. The Labute approximate surface area is 212 Å². The van der Waals surface area contributed by atoms with E-state index in [1.54, 1.807) is 0 Å². The minimum atomic E-state index is 0.366. The first-order valence-corrected chi connectivity index (χ1v) is 12.9. The fraction of sp³-hybridized carbons (Fsp3) is 0.364. The van der Waals surface area contributed by atoms with Gasteiger partial charge in [0.15, 0.2) is 5.84 Å². The quantitative estimate of drug-likeness (QED) is 0.219. The van der Waals surface area contributed by atoms with Gasteiger partial charge in [0.25, 0.3) is 0 Å². The van der Waals surface area contributed by atoms with Gasteiger partial charge in [-0.1, -0.05) is 116 Å². The van der Waals surface area contributed by atoms with Crippen LogP contribution >= 0.6 is 0 Å². The Bertz CT molecular complexity index is 1170. The Hall–Kier alpha value is -3.31. The third-order valence-electron chi connectivity index (χ3n) is 6.28. The number of anilines is 1. The molecule has 0 bridgehead atoms. The summed E-state index contributed by atoms with van der Waals surface area (Å²) in [7, 11) is 0. The number of hydrogen-bond donors (Lipinski definition) is 1. The second-order valence-electron chi connectivity index (χ2n) is 10.4. The molecule has 0 aliphatic heterocycles. The highest BCUT2D eigenvalue weighted by molar-refractivity contribution is 6.10. The van der Waals surface area contributed by atoms with E-state index in [0.717, 1.165) is 16.9 Å². The van der Waals surface area contributed by atoms with E-state index in [-0.39, 0.29) is 0 Å². The lowest BCUT2D eigenvalue weighted by molar-refractivity contribution is 0.834. The molecular weight excluding hydrogens is 424 g/mol. The molecule has 0 unspecified atom stereocenters. The van der Waals surface area contributed by atoms with Crippen LogP contribution in [0.4, 0.5) is 11.4 Å². The van der Waals surface area contributed by atoms with Crippen LogP contribution in [0.1, 0.15) is 107 Å². The Balaban J connectivity index is 2.25. The van der Waals surface area contributed by atoms with E-state index in [2.05, 4.69) is 109 Å². The highest BCUT2D eigenvalue weighted by Crippen LogP contribution is 2.36. The fourth-order valence-corrected chi connectivity index (χ4v) is 4.31. The van der Waals surface area contributed by atoms with Crippen molar-refractivity contribution >= 4 is 17.2 Å². The average molecular weight is 465 g/mol. The van der Waals surface area contributed by atoms with E-state index in [0.29, 0.717) is 29.5 Å². The van der Waals surface area contributed by atoms with E-state index in [9.17, 15) is 0 Å². The number of hydrogen-bond acceptors (Lipinski definition) is 1. The number of para-hydroxylation sites is 2. The summed E-state index contributed by atoms with van der Waals surface area (Å²) in [4.78, 5) is 5.24. The molecule has 0 amide bonds. The Morgan fingerprint density at radius 1 is 0.600 bits per heavy atom. The molecule has 0 aliphatic carbocycles. The second kappa shape index (κ2) is 11.9. The van der Waals surface area contributed by atoms with Crippen LogP contribution in [0, 0.1) is 11.8 Å². The van der Waals surface area contributed by atoms with E-state index >= 15 is 0 Å². The maximum absolute atomic E-state index is 5.24. The third-order valence-corrected chi connectivity index (χ3v) is 6.28. The number of benzene rings is 3. The Kier molecular flexibility index (Phi) is 8.94. The van der Waals surface area contributed by atoms with Crippen molar-refractivity contribution in [1.82, 2.24) is 0 Å². The first-order valence-electron chi connectivity index (χ1n) is 12.9. The summed E-state index contributed by atoms with van der Waals surface area (Å²) < 4.78 is 0. The van der Waals surface area contributed by atoms with Gasteiger partial charge >= 0.3 is 0 Å². The predicted molar refractivity (Wildman–Crippen MR) is 153 cm³/mol. The number of nitrogens with one attached hydrogen (secondary N) is 1. The summed E-state index contributed by atoms with van der Waals surface area (Å²) in [5.41, 5.74) is 8.21. The van der Waals surface area contributed by atoms with Crippen LogP contribution in [0.3, 0.4) is 0 Å². The van der Waals surface area contributed by atoms with Crippen LogP contribution in [0.15, 0.2) is 71.7 Å². The molecular formula is C33H40N2. The van der Waals surface area contributed by atoms with Gasteiger partial charge in [-0.2, -0.15) is 0 Å². The number of aliphatic imine (C=N–C) groups is 1. The standard InChI is InChI=1S/C33H40N2/c1-22(2)27-16-12-17-28(23(3)4)32(27)34-31(21-20-26-14-10-9-11-15-26)35-33-29(24(5)6)18-13-19-30(33)25(7)8/h9-19,22-25H,1-8H3,(H,34,35). The zero-order chi connectivity index (χ0) is 25.5. The molecule has 3 aromatic carbocycles. The molecule has 0 fully saturated rings. The van der Waals surface area contributed by atoms with Crippen molar-refractivity contribution < 1.29 is 0 Å². The summed E-state index contributed by atoms with van der Waals surface area (Å²) in [6.45, 7) is 17.9. The molecule has 3 rings (SSSR count). The number of rotatable bonds is 6. The molecule has 182 valence electrons. The molecule has 0 spiro atoms. The minimum absolute atomic E-state index is 0.366. The van der Waals surface area contributed by atoms with Crippen molar-refractivity contribution in [3.8, 4) is 11.8 Å². The van der Waals surface area contributed by atoms with Crippen molar-refractivity contribution in [2.75, 3.05) is 5.32 Å². The summed E-state index contributed by atoms with van der Waals surface area (Å²) in [5, 5.41) is 3.71. The lowest BCUT2D eigenvalue weighted by Gasteiger charge is -2.21. The van der Waals surface area contributed by atoms with Crippen molar-refractivity contribution in [3.05, 3.63) is 94.5 Å². The van der Waals surface area contributed by atoms with E-state index in [4.69, 9.17) is 4.99 Å². The summed E-state index contributed by atoms with van der Waals surface area (Å²) in [5.74, 6) is 8.90. The van der Waals surface area contributed by atoms with Gasteiger partial charge < -0.3 is 5.32 Å². The van der Waals surface area contributed by atoms with Gasteiger partial charge in [-0.25, -0.2) is 4.99 Å². The zero-order valence-corrected chi connectivity index (χ0v) is 22.6. The Morgan fingerprint density at radius 2 is 1.06 bits per heavy atom. The van der Waals surface area contributed by atoms with Crippen molar-refractivity contribution in [3.63, 3.8) is 0 Å². The van der Waals surface area contributed by atoms with Gasteiger partial charge in [0.05, 0.1) is 5.69 Å². The van der Waals surface area contributed by atoms with Gasteiger partial charge in [-0.15, -0.1) is 0 Å². The smallest absolute Gasteiger partial charge is 0.183 e. The molecule has 0 aromatic heterocycles. The number of nitrogens with zero attached hydrogens (tertiary/aromatic N) is 1. The van der Waals surface area contributed by atoms with Crippen LogP contribution in [-0.4, -0.2) is 5.84 Å². The largest absolute Gasteiger partial charge is 0.332 e. The van der Waals surface area contributed by atoms with Crippen molar-refractivity contribution in [2.45, 2.75) is 79.1 Å². The van der Waals surface area contributed by atoms with Gasteiger partial charge in [0, 0.05) is 11.3 Å². The number of amidine groups is 1. The predicted octanol–water partition coefficient (Wildman–Crippen LogP) is 9.37. The van der Waals surface area contributed by atoms with Crippen molar-refractivity contribution in [1.29, 1.82) is 0 Å². The normalized spacial score (nSPS) is 11.8. The van der Waals surface area contributed by atoms with Gasteiger partial charge in [0.1, 0.15) is 0 Å². The van der Waals surface area contributed by atoms with E-state index in [1.165, 1.54) is 22.3 Å². The summed E-state index contributed by atoms with van der Waals surface area (Å²) >= 11 is 0. The molecule has 35 heavy (non-hydrogen) atoms. The van der Waals surface area contributed by atoms with Crippen LogP contribution in [0.25, 0.3) is 0 Å². The molecule has 2 nitrogen and oxygen atoms in total. The van der Waals surface area contributed by atoms with Crippen LogP contribution in [-0.2, 0) is 0 Å². The van der Waals surface area contributed by atoms with Gasteiger partial charge in [-0.3, -0.25) is 0 Å². The highest BCUT2D eigenvalue weighted by Gasteiger charge is 2.17. The molecule has 2 heteroatoms. The fourth-order valence-electron chi connectivity index (χ4n) is 4.31. The first-order chi connectivity index (χ1) is 16.7. The van der Waals surface area contributed by atoms with Crippen LogP contribution in [0.5, 0.6) is 0 Å². The minimum Gasteiger partial charge on any atom is -0.332 e. The topological polar surface area (TPSA) is 24.4 Å². The van der Waals surface area contributed by atoms with E-state index in [1.807, 2.05) is 30.3 Å². The van der Waals surface area contributed by atoms with Crippen LogP contribution in [0.2, 0.25) is 0 Å². The summed E-state index contributed by atoms with van der Waals surface area (Å²) in [6, 6.07) is 23.2. The SMILES string of the molecule is CC(C)c1cccc(C(C)C)c1N=C(C#Cc1ccccc1)Nc1c(C(C)C)cccc1C(C)C. The Morgan fingerprint density at radius 3 is 1.51 bits per heavy atom. The average Bonchev–Trinajstić information content (AvgIpc) is 2.82. The van der Waals surface area contributed by atoms with Gasteiger partial charge in [-0.05, 0) is 64.0 Å². The molecule has 0 aliphatic rings. The lowest BCUT2D eigenvalue weighted by atomic mass is 9.92. The van der Waals surface area contributed by atoms with Gasteiger partial charge in [0.2, 0.25) is 0 Å². The maximum atomic E-state index is 5.24. The zero-order valence-electron chi connectivity index (χ0n) is 22.6. The molecule has 0 atom stereocenters.